The predicted octanol–water partition coefficient (Wildman–Crippen LogP) is 8.87. The predicted molar refractivity (Wildman–Crippen MR) is 165 cm³/mol. The number of anilines is 2. The highest BCUT2D eigenvalue weighted by Gasteiger charge is 2.42. The Labute approximate surface area is 253 Å². The van der Waals surface area contributed by atoms with Gasteiger partial charge in [-0.1, -0.05) is 71.2 Å². The second-order valence-electron chi connectivity index (χ2n) is 10.1. The molecule has 2 aliphatic rings. The second-order valence-corrected chi connectivity index (χ2v) is 11.3. The third kappa shape index (κ3) is 5.21. The van der Waals surface area contributed by atoms with Gasteiger partial charge < -0.3 is 10.1 Å². The van der Waals surface area contributed by atoms with Crippen LogP contribution in [0.3, 0.4) is 0 Å². The second kappa shape index (κ2) is 11.2. The van der Waals surface area contributed by atoms with Gasteiger partial charge >= 0.3 is 0 Å². The van der Waals surface area contributed by atoms with Crippen molar-refractivity contribution in [3.8, 4) is 5.75 Å². The molecule has 4 aromatic carbocycles. The van der Waals surface area contributed by atoms with E-state index >= 15 is 0 Å². The fraction of sp³-hybridized carbons (Fsp3) is 0.152. The van der Waals surface area contributed by atoms with Gasteiger partial charge in [-0.15, -0.1) is 0 Å². The topological polar surface area (TPSA) is 58.6 Å². The van der Waals surface area contributed by atoms with E-state index in [2.05, 4.69) is 5.32 Å². The van der Waals surface area contributed by atoms with E-state index in [1.54, 1.807) is 30.2 Å². The number of nitrogens with one attached hydrogen (secondary N) is 1. The maximum absolute atomic E-state index is 14.4. The molecular formula is C33H25Cl3N2O3. The van der Waals surface area contributed by atoms with E-state index in [-0.39, 0.29) is 22.6 Å². The number of halogens is 3. The number of benzene rings is 4. The molecule has 206 valence electrons. The number of hydrogen-bond donors (Lipinski definition) is 1. The number of methoxy groups -OCH3 is 1. The first kappa shape index (κ1) is 27.4. The summed E-state index contributed by atoms with van der Waals surface area (Å²) in [5, 5.41) is 4.83. The van der Waals surface area contributed by atoms with Gasteiger partial charge in [-0.05, 0) is 78.1 Å². The number of rotatable bonds is 4. The fourth-order valence-corrected chi connectivity index (χ4v) is 6.08. The highest BCUT2D eigenvalue weighted by Crippen LogP contribution is 2.48. The van der Waals surface area contributed by atoms with Crippen molar-refractivity contribution in [3.05, 3.63) is 134 Å². The van der Waals surface area contributed by atoms with Gasteiger partial charge in [0.05, 0.1) is 34.6 Å². The molecule has 4 aromatic rings. The Bertz CT molecular complexity index is 1680. The number of para-hydroxylation sites is 2. The summed E-state index contributed by atoms with van der Waals surface area (Å²) in [5.41, 5.74) is 4.91. The van der Waals surface area contributed by atoms with Crippen LogP contribution in [0.25, 0.3) is 0 Å². The zero-order chi connectivity index (χ0) is 28.7. The Balaban J connectivity index is 1.55. The number of nitrogens with zero attached hydrogens (tertiary/aromatic N) is 1. The summed E-state index contributed by atoms with van der Waals surface area (Å²) >= 11 is 18.6. The van der Waals surface area contributed by atoms with Gasteiger partial charge in [0.25, 0.3) is 5.91 Å². The Morgan fingerprint density at radius 1 is 0.854 bits per heavy atom. The molecule has 0 saturated heterocycles. The molecule has 0 fully saturated rings. The Kier molecular flexibility index (Phi) is 7.52. The number of carbonyl (C=O) groups is 2. The first-order valence-electron chi connectivity index (χ1n) is 13.1. The monoisotopic (exact) mass is 602 g/mol. The molecule has 1 amide bonds. The van der Waals surface area contributed by atoms with E-state index in [9.17, 15) is 9.59 Å². The molecule has 1 aliphatic heterocycles. The van der Waals surface area contributed by atoms with E-state index in [1.807, 2.05) is 72.8 Å². The first-order valence-corrected chi connectivity index (χ1v) is 14.3. The number of carbonyl (C=O) groups excluding carboxylic acids is 2. The largest absolute Gasteiger partial charge is 0.497 e. The number of fused-ring (bicyclic) bond motifs is 1. The Morgan fingerprint density at radius 3 is 2.27 bits per heavy atom. The van der Waals surface area contributed by atoms with Crippen LogP contribution in [0.15, 0.2) is 102 Å². The van der Waals surface area contributed by atoms with Crippen LogP contribution in [0.5, 0.6) is 5.75 Å². The standard InChI is InChI=1S/C33H25Cl3N2O3/c1-41-24-13-8-20(9-14-24)32-31-28(17-22(18-30(31)39)19-6-11-23(34)12-7-19)37-27-4-2-3-5-29(27)38(32)33(40)21-10-15-25(35)26(36)16-21/h2-16,22,32,37H,17-18H2,1H3/t22-,32-/m1/s1. The maximum atomic E-state index is 14.4. The van der Waals surface area contributed by atoms with Crippen LogP contribution >= 0.6 is 34.8 Å². The molecule has 1 aliphatic carbocycles. The molecule has 6 rings (SSSR count). The molecule has 1 N–H and O–H groups in total. The molecule has 0 aromatic heterocycles. The van der Waals surface area contributed by atoms with Crippen LogP contribution in [0.1, 0.15) is 46.3 Å². The van der Waals surface area contributed by atoms with E-state index in [0.717, 1.165) is 22.5 Å². The Hall–Kier alpha value is -3.77. The van der Waals surface area contributed by atoms with Crippen LogP contribution in [0, 0.1) is 0 Å². The lowest BCUT2D eigenvalue weighted by Gasteiger charge is -2.35. The molecule has 5 nitrogen and oxygen atoms in total. The quantitative estimate of drug-likeness (QED) is 0.253. The molecular weight excluding hydrogens is 579 g/mol. The van der Waals surface area contributed by atoms with Crippen LogP contribution in [-0.4, -0.2) is 18.8 Å². The van der Waals surface area contributed by atoms with Crippen LogP contribution < -0.4 is 15.0 Å². The fourth-order valence-electron chi connectivity index (χ4n) is 5.65. The van der Waals surface area contributed by atoms with Crippen molar-refractivity contribution in [1.29, 1.82) is 0 Å². The first-order chi connectivity index (χ1) is 19.8. The summed E-state index contributed by atoms with van der Waals surface area (Å²) in [5.74, 6) is 0.307. The minimum atomic E-state index is -0.701. The normalized spacial score (nSPS) is 18.2. The van der Waals surface area contributed by atoms with Crippen molar-refractivity contribution in [1.82, 2.24) is 0 Å². The average molecular weight is 604 g/mol. The van der Waals surface area contributed by atoms with Crippen molar-refractivity contribution < 1.29 is 14.3 Å². The number of hydrogen-bond acceptors (Lipinski definition) is 4. The lowest BCUT2D eigenvalue weighted by atomic mass is 9.78. The van der Waals surface area contributed by atoms with E-state index in [4.69, 9.17) is 39.5 Å². The van der Waals surface area contributed by atoms with E-state index in [0.29, 0.717) is 45.5 Å². The lowest BCUT2D eigenvalue weighted by molar-refractivity contribution is -0.116. The summed E-state index contributed by atoms with van der Waals surface area (Å²) in [6.07, 6.45) is 0.901. The van der Waals surface area contributed by atoms with Crippen molar-refractivity contribution in [3.63, 3.8) is 0 Å². The third-order valence-electron chi connectivity index (χ3n) is 7.65. The summed E-state index contributed by atoms with van der Waals surface area (Å²) < 4.78 is 5.40. The van der Waals surface area contributed by atoms with Crippen molar-refractivity contribution in [2.24, 2.45) is 0 Å². The van der Waals surface area contributed by atoms with Crippen molar-refractivity contribution in [2.45, 2.75) is 24.8 Å². The van der Waals surface area contributed by atoms with Crippen molar-refractivity contribution in [2.75, 3.05) is 17.3 Å². The van der Waals surface area contributed by atoms with Gasteiger partial charge in [0.2, 0.25) is 0 Å². The van der Waals surface area contributed by atoms with Crippen LogP contribution in [0.4, 0.5) is 11.4 Å². The summed E-state index contributed by atoms with van der Waals surface area (Å²) in [6.45, 7) is 0. The molecule has 2 atom stereocenters. The van der Waals surface area contributed by atoms with Crippen LogP contribution in [0.2, 0.25) is 15.1 Å². The minimum Gasteiger partial charge on any atom is -0.497 e. The van der Waals surface area contributed by atoms with Crippen molar-refractivity contribution >= 4 is 57.9 Å². The Morgan fingerprint density at radius 2 is 1.56 bits per heavy atom. The number of ether oxygens (including phenoxy) is 1. The summed E-state index contributed by atoms with van der Waals surface area (Å²) in [6, 6.07) is 26.8. The SMILES string of the molecule is COc1ccc([C@@H]2C3=C(C[C@@H](c4ccc(Cl)cc4)CC3=O)Nc3ccccc3N2C(=O)c2ccc(Cl)c(Cl)c2)cc1. The summed E-state index contributed by atoms with van der Waals surface area (Å²) in [7, 11) is 1.60. The maximum Gasteiger partial charge on any atom is 0.259 e. The molecule has 1 heterocycles. The van der Waals surface area contributed by atoms with Gasteiger partial charge in [-0.25, -0.2) is 0 Å². The molecule has 0 unspecified atom stereocenters. The summed E-state index contributed by atoms with van der Waals surface area (Å²) in [4.78, 5) is 30.3. The average Bonchev–Trinajstić information content (AvgIpc) is 3.13. The number of amides is 1. The van der Waals surface area contributed by atoms with Gasteiger partial charge in [0, 0.05) is 28.3 Å². The van der Waals surface area contributed by atoms with E-state index < -0.39 is 6.04 Å². The van der Waals surface area contributed by atoms with E-state index in [1.165, 1.54) is 0 Å². The number of Topliss-reactive ketones (excluding diaryl/α,β-unsaturated/α-hetero) is 1. The zero-order valence-corrected chi connectivity index (χ0v) is 24.3. The zero-order valence-electron chi connectivity index (χ0n) is 22.0. The molecule has 41 heavy (non-hydrogen) atoms. The number of allylic oxidation sites excluding steroid dienone is 1. The molecule has 0 saturated carbocycles. The minimum absolute atomic E-state index is 0.0285. The molecule has 8 heteroatoms. The highest BCUT2D eigenvalue weighted by atomic mass is 35.5. The smallest absolute Gasteiger partial charge is 0.259 e. The molecule has 0 radical (unpaired) electrons. The van der Waals surface area contributed by atoms with Gasteiger partial charge in [-0.2, -0.15) is 0 Å². The highest BCUT2D eigenvalue weighted by molar-refractivity contribution is 6.42. The van der Waals surface area contributed by atoms with Crippen LogP contribution in [-0.2, 0) is 4.79 Å². The van der Waals surface area contributed by atoms with Gasteiger partial charge in [0.1, 0.15) is 5.75 Å². The molecule has 0 bridgehead atoms. The third-order valence-corrected chi connectivity index (χ3v) is 8.64. The lowest BCUT2D eigenvalue weighted by Crippen LogP contribution is -2.38. The number of ketones is 1. The molecule has 0 spiro atoms. The van der Waals surface area contributed by atoms with Gasteiger partial charge in [0.15, 0.2) is 5.78 Å². The van der Waals surface area contributed by atoms with Gasteiger partial charge in [-0.3, -0.25) is 14.5 Å².